The highest BCUT2D eigenvalue weighted by Crippen LogP contribution is 2.46. The van der Waals surface area contributed by atoms with Crippen LogP contribution in [0, 0.1) is 11.8 Å². The number of thiazole rings is 1. The minimum absolute atomic E-state index is 0.0581. The van der Waals surface area contributed by atoms with Crippen LogP contribution in [0.25, 0.3) is 0 Å². The van der Waals surface area contributed by atoms with Gasteiger partial charge in [-0.15, -0.1) is 34.9 Å². The Kier molecular flexibility index (Phi) is 19.4. The average Bonchev–Trinajstić information content (AvgIpc) is 4.06. The number of hydrogen-bond donors (Lipinski definition) is 2. The Hall–Kier alpha value is -6.61. The van der Waals surface area contributed by atoms with Crippen molar-refractivity contribution in [3.05, 3.63) is 201 Å². The molecule has 0 saturated carbocycles. The number of nitrogens with one attached hydrogen (secondary N) is 2. The van der Waals surface area contributed by atoms with Gasteiger partial charge in [-0.2, -0.15) is 21.6 Å². The summed E-state index contributed by atoms with van der Waals surface area (Å²) in [4.78, 5) is 55.4. The fraction of sp³-hybridized carbons (Fsp3) is 0.304. The highest BCUT2D eigenvalue weighted by Gasteiger charge is 2.55. The first-order valence-electron chi connectivity index (χ1n) is 25.0. The van der Waals surface area contributed by atoms with Crippen LogP contribution in [-0.2, 0) is 62.7 Å². The number of oxime groups is 1. The molecular weight excluding hydrogens is 1120 g/mol. The van der Waals surface area contributed by atoms with Crippen molar-refractivity contribution in [2.45, 2.75) is 28.6 Å². The smallest absolute Gasteiger partial charge is 0.448 e. The van der Waals surface area contributed by atoms with E-state index in [-0.39, 0.29) is 49.8 Å². The third kappa shape index (κ3) is 13.6. The van der Waals surface area contributed by atoms with Crippen molar-refractivity contribution in [3.8, 4) is 0 Å². The zero-order valence-corrected chi connectivity index (χ0v) is 46.0. The van der Waals surface area contributed by atoms with E-state index in [0.717, 1.165) is 27.8 Å². The molecule has 3 saturated heterocycles. The second kappa shape index (κ2) is 26.8. The van der Waals surface area contributed by atoms with Crippen LogP contribution in [-0.4, -0.2) is 124 Å². The van der Waals surface area contributed by atoms with E-state index in [4.69, 9.17) is 33.5 Å². The molecule has 3 fully saturated rings. The number of halogens is 3. The Balaban J connectivity index is 0.000000449. The summed E-state index contributed by atoms with van der Waals surface area (Å²) in [5, 5.41) is 12.4. The molecule has 0 spiro atoms. The SMILES string of the molecule is CO/N=C(\C(=O)NC1C(=O)N2C(C(=O)OC(c3ccccc3)c3ccccc3)=C(SCC3COCOC3)CS[C@@H]12)c1csc(NC(c2ccccc2)(c2ccccc2)c2ccccc2)n1.O=S(=O)(OCC1COCOC1)C(F)(F)F. The summed E-state index contributed by atoms with van der Waals surface area (Å²) in [6, 6.07) is 48.4. The minimum Gasteiger partial charge on any atom is -0.448 e. The van der Waals surface area contributed by atoms with E-state index in [1.165, 1.54) is 46.9 Å². The molecule has 17 nitrogen and oxygen atoms in total. The Bertz CT molecular complexity index is 3070. The van der Waals surface area contributed by atoms with E-state index in [9.17, 15) is 36.0 Å². The van der Waals surface area contributed by atoms with Gasteiger partial charge in [0.25, 0.3) is 11.8 Å². The molecule has 0 bridgehead atoms. The van der Waals surface area contributed by atoms with Gasteiger partial charge in [-0.3, -0.25) is 18.7 Å². The van der Waals surface area contributed by atoms with Crippen LogP contribution < -0.4 is 10.6 Å². The second-order valence-electron chi connectivity index (χ2n) is 18.3. The first-order valence-corrected chi connectivity index (χ1v) is 29.3. The van der Waals surface area contributed by atoms with Crippen molar-refractivity contribution in [3.63, 3.8) is 0 Å². The molecule has 4 aliphatic rings. The number of esters is 1. The molecule has 1 aromatic heterocycles. The molecule has 80 heavy (non-hydrogen) atoms. The average molecular weight is 1170 g/mol. The lowest BCUT2D eigenvalue weighted by molar-refractivity contribution is -0.154. The van der Waals surface area contributed by atoms with Gasteiger partial charge in [-0.1, -0.05) is 157 Å². The zero-order valence-electron chi connectivity index (χ0n) is 42.8. The van der Waals surface area contributed by atoms with Gasteiger partial charge in [0.1, 0.15) is 49.0 Å². The van der Waals surface area contributed by atoms with Gasteiger partial charge in [0, 0.05) is 33.6 Å². The van der Waals surface area contributed by atoms with Crippen molar-refractivity contribution in [2.24, 2.45) is 17.0 Å². The standard InChI is InChI=1S/C50H45N5O7S3.C6H9F3O5S/c1-59-54-41(39-30-65-49(51-39)53-50(36-21-11-4-12-22-36,37-23-13-5-14-24-37)38-25-15-6-16-26-38)45(56)52-42-46(57)55-43(40(31-64-47(42)55)63-29-33-27-60-32-61-28-33)48(58)62-44(34-17-7-2-8-18-34)35-19-9-3-10-20-35;7-6(8,9)15(10,11)14-3-5-1-12-4-13-2-5/h2-26,30,33,42,44,47H,27-29,31-32H2,1H3,(H,51,53)(H,52,56);5H,1-4H2/b54-41-;/t42?,47-;/m0./s1. The number of rotatable bonds is 19. The molecule has 2 amide bonds. The molecule has 1 unspecified atom stereocenters. The van der Waals surface area contributed by atoms with Crippen molar-refractivity contribution < 1.29 is 68.7 Å². The Morgan fingerprint density at radius 3 is 1.77 bits per heavy atom. The molecule has 2 atom stereocenters. The van der Waals surface area contributed by atoms with Gasteiger partial charge >= 0.3 is 21.6 Å². The molecule has 0 radical (unpaired) electrons. The zero-order chi connectivity index (χ0) is 56.1. The summed E-state index contributed by atoms with van der Waals surface area (Å²) < 4.78 is 87.1. The number of anilines is 1. The monoisotopic (exact) mass is 1170 g/mol. The Morgan fingerprint density at radius 1 is 0.775 bits per heavy atom. The third-order valence-electron chi connectivity index (χ3n) is 12.9. The number of β-lactam (4-membered cyclic amide) rings is 1. The van der Waals surface area contributed by atoms with Gasteiger partial charge in [-0.05, 0) is 27.8 Å². The number of carbonyl (C=O) groups excluding carboxylic acids is 3. The van der Waals surface area contributed by atoms with E-state index in [2.05, 4.69) is 56.4 Å². The highest BCUT2D eigenvalue weighted by atomic mass is 32.2. The summed E-state index contributed by atoms with van der Waals surface area (Å²) in [5.41, 5.74) is -1.38. The number of fused-ring (bicyclic) bond motifs is 1. The van der Waals surface area contributed by atoms with Crippen LogP contribution in [0.15, 0.2) is 173 Å². The number of hydrogen-bond acceptors (Lipinski definition) is 18. The van der Waals surface area contributed by atoms with Crippen LogP contribution in [0.3, 0.4) is 0 Å². The lowest BCUT2D eigenvalue weighted by Crippen LogP contribution is -2.71. The van der Waals surface area contributed by atoms with E-state index < -0.39 is 69.0 Å². The van der Waals surface area contributed by atoms with E-state index in [0.29, 0.717) is 34.8 Å². The van der Waals surface area contributed by atoms with Crippen molar-refractivity contribution in [1.29, 1.82) is 0 Å². The summed E-state index contributed by atoms with van der Waals surface area (Å²) in [6.45, 7) is 1.02. The van der Waals surface area contributed by atoms with Crippen LogP contribution in [0.4, 0.5) is 18.3 Å². The second-order valence-corrected chi connectivity index (χ2v) is 23.0. The summed E-state index contributed by atoms with van der Waals surface area (Å²) in [7, 11) is -4.16. The number of thioether (sulfide) groups is 2. The lowest BCUT2D eigenvalue weighted by atomic mass is 9.77. The molecule has 24 heteroatoms. The highest BCUT2D eigenvalue weighted by molar-refractivity contribution is 8.06. The molecule has 4 aliphatic heterocycles. The van der Waals surface area contributed by atoms with E-state index in [1.807, 2.05) is 115 Å². The maximum atomic E-state index is 14.6. The lowest BCUT2D eigenvalue weighted by Gasteiger charge is -2.49. The van der Waals surface area contributed by atoms with Crippen LogP contribution in [0.5, 0.6) is 0 Å². The molecule has 0 aliphatic carbocycles. The van der Waals surface area contributed by atoms with Gasteiger partial charge in [-0.25, -0.2) is 9.78 Å². The first-order chi connectivity index (χ1) is 38.8. The van der Waals surface area contributed by atoms with E-state index >= 15 is 0 Å². The molecule has 10 rings (SSSR count). The molecule has 2 N–H and O–H groups in total. The van der Waals surface area contributed by atoms with Crippen molar-refractivity contribution >= 4 is 73.6 Å². The number of aromatic nitrogens is 1. The van der Waals surface area contributed by atoms with Crippen LogP contribution in [0.1, 0.15) is 39.6 Å². The third-order valence-corrected chi connectivity index (χ3v) is 17.4. The quantitative estimate of drug-likeness (QED) is 0.0148. The maximum Gasteiger partial charge on any atom is 0.523 e. The number of benzene rings is 5. The first kappa shape index (κ1) is 58.1. The molecular formula is C56H54F3N5O12S4. The molecule has 6 aromatic rings. The van der Waals surface area contributed by atoms with Crippen molar-refractivity contribution in [2.75, 3.05) is 70.6 Å². The molecule has 5 aromatic carbocycles. The number of nitrogens with zero attached hydrogens (tertiary/aromatic N) is 3. The summed E-state index contributed by atoms with van der Waals surface area (Å²) in [5.74, 6) is -1.10. The van der Waals surface area contributed by atoms with Gasteiger partial charge in [0.2, 0.25) is 0 Å². The van der Waals surface area contributed by atoms with Crippen LogP contribution >= 0.6 is 34.9 Å². The number of alkyl halides is 3. The Morgan fingerprint density at radius 2 is 1.27 bits per heavy atom. The van der Waals surface area contributed by atoms with Gasteiger partial charge < -0.3 is 39.2 Å². The number of carbonyl (C=O) groups is 3. The normalized spacial score (nSPS) is 18.3. The van der Waals surface area contributed by atoms with E-state index in [1.54, 1.807) is 5.38 Å². The molecule has 5 heterocycles. The number of amides is 2. The largest absolute Gasteiger partial charge is 0.523 e. The predicted octanol–water partition coefficient (Wildman–Crippen LogP) is 8.67. The minimum atomic E-state index is -5.51. The number of ether oxygens (including phenoxy) is 5. The summed E-state index contributed by atoms with van der Waals surface area (Å²) in [6.07, 6.45) is -0.729. The predicted molar refractivity (Wildman–Crippen MR) is 295 cm³/mol. The van der Waals surface area contributed by atoms with Gasteiger partial charge in [0.15, 0.2) is 16.9 Å². The fourth-order valence-corrected chi connectivity index (χ4v) is 13.0. The maximum absolute atomic E-state index is 14.6. The van der Waals surface area contributed by atoms with Crippen molar-refractivity contribution in [1.82, 2.24) is 15.2 Å². The summed E-state index contributed by atoms with van der Waals surface area (Å²) >= 11 is 4.28. The van der Waals surface area contributed by atoms with Gasteiger partial charge in [0.05, 0.1) is 33.0 Å². The molecule has 420 valence electrons. The Labute approximate surface area is 472 Å². The van der Waals surface area contributed by atoms with Crippen LogP contribution in [0.2, 0.25) is 0 Å². The topological polar surface area (TPSA) is 203 Å². The fourth-order valence-electron chi connectivity index (χ4n) is 9.06.